The standard InChI is InChI=1S/C14H23N3/c1-4-5-13-12(3)16-10-11(2)14(13)17-8-6-15-7-9-17/h10,15H,4-9H2,1-3H3. The molecule has 1 aromatic rings. The fraction of sp³-hybridized carbons (Fsp3) is 0.643. The second-order valence-corrected chi connectivity index (χ2v) is 4.84. The number of hydrogen-bond acceptors (Lipinski definition) is 3. The summed E-state index contributed by atoms with van der Waals surface area (Å²) in [5.74, 6) is 0. The number of nitrogens with zero attached hydrogens (tertiary/aromatic N) is 2. The number of hydrogen-bond donors (Lipinski definition) is 1. The van der Waals surface area contributed by atoms with Crippen LogP contribution in [0, 0.1) is 13.8 Å². The Labute approximate surface area is 104 Å². The molecular formula is C14H23N3. The van der Waals surface area contributed by atoms with E-state index in [9.17, 15) is 0 Å². The lowest BCUT2D eigenvalue weighted by atomic mass is 10.0. The van der Waals surface area contributed by atoms with E-state index in [0.717, 1.165) is 32.6 Å². The Hall–Kier alpha value is -1.09. The van der Waals surface area contributed by atoms with Crippen LogP contribution in [0.4, 0.5) is 5.69 Å². The van der Waals surface area contributed by atoms with E-state index in [1.54, 1.807) is 0 Å². The Morgan fingerprint density at radius 1 is 1.29 bits per heavy atom. The van der Waals surface area contributed by atoms with Crippen LogP contribution in [0.2, 0.25) is 0 Å². The molecule has 0 aromatic carbocycles. The van der Waals surface area contributed by atoms with Crippen LogP contribution in [0.1, 0.15) is 30.2 Å². The van der Waals surface area contributed by atoms with Crippen molar-refractivity contribution in [1.29, 1.82) is 0 Å². The van der Waals surface area contributed by atoms with Crippen molar-refractivity contribution in [2.75, 3.05) is 31.1 Å². The van der Waals surface area contributed by atoms with Crippen LogP contribution >= 0.6 is 0 Å². The van der Waals surface area contributed by atoms with E-state index in [4.69, 9.17) is 0 Å². The van der Waals surface area contributed by atoms with Gasteiger partial charge in [-0.25, -0.2) is 0 Å². The second kappa shape index (κ2) is 5.50. The predicted octanol–water partition coefficient (Wildman–Crippen LogP) is 2.06. The van der Waals surface area contributed by atoms with Crippen LogP contribution in [-0.4, -0.2) is 31.2 Å². The quantitative estimate of drug-likeness (QED) is 0.866. The van der Waals surface area contributed by atoms with Gasteiger partial charge in [-0.2, -0.15) is 0 Å². The molecule has 0 radical (unpaired) electrons. The van der Waals surface area contributed by atoms with Gasteiger partial charge in [0.2, 0.25) is 0 Å². The molecule has 0 aliphatic carbocycles. The summed E-state index contributed by atoms with van der Waals surface area (Å²) >= 11 is 0. The maximum Gasteiger partial charge on any atom is 0.0463 e. The normalized spacial score (nSPS) is 16.3. The molecular weight excluding hydrogens is 210 g/mol. The fourth-order valence-electron chi connectivity index (χ4n) is 2.62. The Kier molecular flexibility index (Phi) is 4.00. The number of piperazine rings is 1. The van der Waals surface area contributed by atoms with Gasteiger partial charge in [0.1, 0.15) is 0 Å². The lowest BCUT2D eigenvalue weighted by Crippen LogP contribution is -2.44. The molecule has 94 valence electrons. The third kappa shape index (κ3) is 2.60. The molecule has 1 N–H and O–H groups in total. The number of aryl methyl sites for hydroxylation is 2. The molecule has 3 heteroatoms. The van der Waals surface area contributed by atoms with Crippen molar-refractivity contribution in [3.8, 4) is 0 Å². The molecule has 1 aromatic heterocycles. The SMILES string of the molecule is CCCc1c(C)ncc(C)c1N1CCNCC1. The number of pyridine rings is 1. The van der Waals surface area contributed by atoms with Gasteiger partial charge in [0.15, 0.2) is 0 Å². The van der Waals surface area contributed by atoms with E-state index in [0.29, 0.717) is 0 Å². The molecule has 17 heavy (non-hydrogen) atoms. The van der Waals surface area contributed by atoms with Crippen molar-refractivity contribution >= 4 is 5.69 Å². The van der Waals surface area contributed by atoms with Crippen LogP contribution in [0.15, 0.2) is 6.20 Å². The summed E-state index contributed by atoms with van der Waals surface area (Å²) in [4.78, 5) is 7.03. The van der Waals surface area contributed by atoms with Gasteiger partial charge in [-0.05, 0) is 31.4 Å². The van der Waals surface area contributed by atoms with E-state index in [1.807, 2.05) is 6.20 Å². The summed E-state index contributed by atoms with van der Waals surface area (Å²) in [6, 6.07) is 0. The highest BCUT2D eigenvalue weighted by molar-refractivity contribution is 5.60. The van der Waals surface area contributed by atoms with E-state index in [-0.39, 0.29) is 0 Å². The zero-order valence-electron chi connectivity index (χ0n) is 11.2. The number of rotatable bonds is 3. The molecule has 1 saturated heterocycles. The van der Waals surface area contributed by atoms with Gasteiger partial charge in [0.25, 0.3) is 0 Å². The van der Waals surface area contributed by atoms with Crippen LogP contribution in [0.25, 0.3) is 0 Å². The van der Waals surface area contributed by atoms with Gasteiger partial charge in [-0.15, -0.1) is 0 Å². The zero-order valence-corrected chi connectivity index (χ0v) is 11.2. The molecule has 0 atom stereocenters. The highest BCUT2D eigenvalue weighted by Crippen LogP contribution is 2.28. The van der Waals surface area contributed by atoms with Crippen molar-refractivity contribution in [3.63, 3.8) is 0 Å². The van der Waals surface area contributed by atoms with E-state index >= 15 is 0 Å². The monoisotopic (exact) mass is 233 g/mol. The topological polar surface area (TPSA) is 28.2 Å². The number of nitrogens with one attached hydrogen (secondary N) is 1. The molecule has 2 heterocycles. The molecule has 1 fully saturated rings. The number of anilines is 1. The first-order chi connectivity index (χ1) is 8.24. The first-order valence-corrected chi connectivity index (χ1v) is 6.64. The number of aromatic nitrogens is 1. The van der Waals surface area contributed by atoms with E-state index in [2.05, 4.69) is 36.0 Å². The average molecular weight is 233 g/mol. The lowest BCUT2D eigenvalue weighted by Gasteiger charge is -2.33. The summed E-state index contributed by atoms with van der Waals surface area (Å²) in [5.41, 5.74) is 5.42. The van der Waals surface area contributed by atoms with Crippen LogP contribution in [0.3, 0.4) is 0 Å². The summed E-state index contributed by atoms with van der Waals surface area (Å²) in [7, 11) is 0. The Morgan fingerprint density at radius 3 is 2.65 bits per heavy atom. The third-order valence-corrected chi connectivity index (χ3v) is 3.48. The first kappa shape index (κ1) is 12.4. The molecule has 0 amide bonds. The summed E-state index contributed by atoms with van der Waals surface area (Å²) in [5, 5.41) is 3.41. The minimum Gasteiger partial charge on any atom is -0.368 e. The fourth-order valence-corrected chi connectivity index (χ4v) is 2.62. The van der Waals surface area contributed by atoms with Crippen LogP contribution in [0.5, 0.6) is 0 Å². The maximum atomic E-state index is 4.51. The van der Waals surface area contributed by atoms with Gasteiger partial charge in [-0.1, -0.05) is 13.3 Å². The van der Waals surface area contributed by atoms with Gasteiger partial charge >= 0.3 is 0 Å². The third-order valence-electron chi connectivity index (χ3n) is 3.48. The van der Waals surface area contributed by atoms with Gasteiger partial charge < -0.3 is 10.2 Å². The van der Waals surface area contributed by atoms with Crippen LogP contribution < -0.4 is 10.2 Å². The Bertz CT molecular complexity index is 381. The smallest absolute Gasteiger partial charge is 0.0463 e. The molecule has 0 bridgehead atoms. The summed E-state index contributed by atoms with van der Waals surface area (Å²) < 4.78 is 0. The van der Waals surface area contributed by atoms with E-state index < -0.39 is 0 Å². The molecule has 0 spiro atoms. The van der Waals surface area contributed by atoms with Crippen LogP contribution in [-0.2, 0) is 6.42 Å². The van der Waals surface area contributed by atoms with Gasteiger partial charge in [-0.3, -0.25) is 4.98 Å². The van der Waals surface area contributed by atoms with Gasteiger partial charge in [0, 0.05) is 43.8 Å². The van der Waals surface area contributed by atoms with Crippen molar-refractivity contribution in [1.82, 2.24) is 10.3 Å². The Balaban J connectivity index is 2.38. The Morgan fingerprint density at radius 2 is 2.00 bits per heavy atom. The van der Waals surface area contributed by atoms with Gasteiger partial charge in [0.05, 0.1) is 0 Å². The second-order valence-electron chi connectivity index (χ2n) is 4.84. The van der Waals surface area contributed by atoms with E-state index in [1.165, 1.54) is 28.9 Å². The molecule has 0 unspecified atom stereocenters. The van der Waals surface area contributed by atoms with Crippen molar-refractivity contribution < 1.29 is 0 Å². The zero-order chi connectivity index (χ0) is 12.3. The summed E-state index contributed by atoms with van der Waals surface area (Å²) in [6.45, 7) is 11.0. The summed E-state index contributed by atoms with van der Waals surface area (Å²) in [6.07, 6.45) is 4.34. The van der Waals surface area contributed by atoms with Crippen molar-refractivity contribution in [2.45, 2.75) is 33.6 Å². The maximum absolute atomic E-state index is 4.51. The molecule has 0 saturated carbocycles. The average Bonchev–Trinajstić information content (AvgIpc) is 2.35. The largest absolute Gasteiger partial charge is 0.368 e. The highest BCUT2D eigenvalue weighted by atomic mass is 15.2. The highest BCUT2D eigenvalue weighted by Gasteiger charge is 2.17. The molecule has 1 aliphatic rings. The van der Waals surface area contributed by atoms with Crippen molar-refractivity contribution in [3.05, 3.63) is 23.0 Å². The first-order valence-electron chi connectivity index (χ1n) is 6.64. The lowest BCUT2D eigenvalue weighted by molar-refractivity contribution is 0.586. The van der Waals surface area contributed by atoms with Crippen molar-refractivity contribution in [2.24, 2.45) is 0 Å². The minimum absolute atomic E-state index is 1.09. The molecule has 2 rings (SSSR count). The molecule has 3 nitrogen and oxygen atoms in total. The minimum atomic E-state index is 1.09. The molecule has 1 aliphatic heterocycles. The predicted molar refractivity (Wildman–Crippen MR) is 72.8 cm³/mol.